The minimum Gasteiger partial charge on any atom is -0.313 e. The first-order valence-corrected chi connectivity index (χ1v) is 8.34. The van der Waals surface area contributed by atoms with Crippen LogP contribution in [-0.2, 0) is 0 Å². The van der Waals surface area contributed by atoms with E-state index in [1.165, 1.54) is 6.20 Å². The molecule has 8 nitrogen and oxygen atoms in total. The Morgan fingerprint density at radius 1 is 1.22 bits per heavy atom. The van der Waals surface area contributed by atoms with Gasteiger partial charge in [0.05, 0.1) is 5.56 Å². The third-order valence-electron chi connectivity index (χ3n) is 4.51. The van der Waals surface area contributed by atoms with Gasteiger partial charge in [-0.05, 0) is 47.6 Å². The minimum atomic E-state index is -0.589. The number of nitriles is 1. The van der Waals surface area contributed by atoms with Crippen LogP contribution < -0.4 is 11.2 Å². The highest BCUT2D eigenvalue weighted by atomic mass is 16.2. The lowest BCUT2D eigenvalue weighted by molar-refractivity contribution is 0.930. The summed E-state index contributed by atoms with van der Waals surface area (Å²) in [5.41, 5.74) is 1.47. The van der Waals surface area contributed by atoms with Crippen molar-refractivity contribution in [1.82, 2.24) is 25.1 Å². The molecule has 8 heteroatoms. The summed E-state index contributed by atoms with van der Waals surface area (Å²) < 4.78 is 0. The fraction of sp³-hybridized carbons (Fsp3) is 0.158. The standard InChI is InChI=1S/C19H14N6O2/c20-9-17-14(13-7-12(13)2-1-11-3-5-21-6-4-11)8-16(24-25-17)15-10-22-19(27)23-18(15)26/h1-6,8,10,12-13H,7H2,(H2,22,23,26,27)/b2-1+/t12-,13-/m0/s1. The van der Waals surface area contributed by atoms with Gasteiger partial charge < -0.3 is 4.98 Å². The van der Waals surface area contributed by atoms with E-state index in [2.05, 4.69) is 37.3 Å². The Labute approximate surface area is 153 Å². The molecule has 3 aromatic rings. The SMILES string of the molecule is N#Cc1nnc(-c2c[nH]c(=O)[nH]c2=O)cc1[C@H]1C[C@@H]1/C=C/c1ccncc1. The maximum atomic E-state index is 12.0. The molecule has 1 aliphatic carbocycles. The summed E-state index contributed by atoms with van der Waals surface area (Å²) in [7, 11) is 0. The molecule has 1 fully saturated rings. The van der Waals surface area contributed by atoms with E-state index in [1.807, 2.05) is 18.2 Å². The monoisotopic (exact) mass is 358 g/mol. The van der Waals surface area contributed by atoms with Crippen molar-refractivity contribution in [1.29, 1.82) is 5.26 Å². The Morgan fingerprint density at radius 3 is 2.78 bits per heavy atom. The van der Waals surface area contributed by atoms with Gasteiger partial charge in [-0.15, -0.1) is 10.2 Å². The molecule has 0 aromatic carbocycles. The molecular weight excluding hydrogens is 344 g/mol. The number of allylic oxidation sites excluding steroid dienone is 1. The van der Waals surface area contributed by atoms with Crippen LogP contribution in [0.4, 0.5) is 0 Å². The van der Waals surface area contributed by atoms with Crippen molar-refractivity contribution in [3.8, 4) is 17.3 Å². The second-order valence-corrected chi connectivity index (χ2v) is 6.28. The molecule has 3 aromatic heterocycles. The van der Waals surface area contributed by atoms with Crippen molar-refractivity contribution >= 4 is 6.08 Å². The van der Waals surface area contributed by atoms with E-state index in [4.69, 9.17) is 0 Å². The number of aromatic nitrogens is 5. The molecule has 0 radical (unpaired) electrons. The first-order valence-electron chi connectivity index (χ1n) is 8.34. The summed E-state index contributed by atoms with van der Waals surface area (Å²) in [6.07, 6.45) is 9.80. The largest absolute Gasteiger partial charge is 0.325 e. The first kappa shape index (κ1) is 16.6. The second-order valence-electron chi connectivity index (χ2n) is 6.28. The zero-order valence-corrected chi connectivity index (χ0v) is 14.1. The summed E-state index contributed by atoms with van der Waals surface area (Å²) >= 11 is 0. The van der Waals surface area contributed by atoms with Gasteiger partial charge in [-0.2, -0.15) is 5.26 Å². The molecule has 4 rings (SSSR count). The average molecular weight is 358 g/mol. The maximum absolute atomic E-state index is 12.0. The van der Waals surface area contributed by atoms with Gasteiger partial charge in [-0.3, -0.25) is 14.8 Å². The van der Waals surface area contributed by atoms with Crippen molar-refractivity contribution in [2.75, 3.05) is 0 Å². The molecule has 132 valence electrons. The molecule has 0 bridgehead atoms. The predicted octanol–water partition coefficient (Wildman–Crippen LogP) is 1.60. The van der Waals surface area contributed by atoms with Crippen molar-refractivity contribution in [3.05, 3.63) is 80.5 Å². The van der Waals surface area contributed by atoms with Gasteiger partial charge in [0.2, 0.25) is 0 Å². The summed E-state index contributed by atoms with van der Waals surface area (Å²) in [5, 5.41) is 17.3. The Kier molecular flexibility index (Phi) is 4.18. The number of aromatic amines is 2. The van der Waals surface area contributed by atoms with Gasteiger partial charge in [-0.25, -0.2) is 4.79 Å². The van der Waals surface area contributed by atoms with E-state index >= 15 is 0 Å². The van der Waals surface area contributed by atoms with Gasteiger partial charge in [0.25, 0.3) is 5.56 Å². The Morgan fingerprint density at radius 2 is 2.04 bits per heavy atom. The van der Waals surface area contributed by atoms with Gasteiger partial charge in [0, 0.05) is 18.6 Å². The Balaban J connectivity index is 1.63. The van der Waals surface area contributed by atoms with Crippen LogP contribution in [0.5, 0.6) is 0 Å². The van der Waals surface area contributed by atoms with Crippen LogP contribution in [-0.4, -0.2) is 25.1 Å². The van der Waals surface area contributed by atoms with Crippen molar-refractivity contribution in [2.24, 2.45) is 5.92 Å². The van der Waals surface area contributed by atoms with E-state index in [9.17, 15) is 14.9 Å². The number of nitrogens with one attached hydrogen (secondary N) is 2. The molecule has 2 N–H and O–H groups in total. The third-order valence-corrected chi connectivity index (χ3v) is 4.51. The van der Waals surface area contributed by atoms with Crippen LogP contribution in [0.2, 0.25) is 0 Å². The maximum Gasteiger partial charge on any atom is 0.325 e. The molecule has 27 heavy (non-hydrogen) atoms. The molecule has 0 amide bonds. The lowest BCUT2D eigenvalue weighted by atomic mass is 10.0. The lowest BCUT2D eigenvalue weighted by Crippen LogP contribution is -2.23. The molecule has 3 heterocycles. The highest BCUT2D eigenvalue weighted by molar-refractivity contribution is 5.59. The van der Waals surface area contributed by atoms with E-state index in [-0.39, 0.29) is 23.1 Å². The molecule has 0 saturated heterocycles. The fourth-order valence-corrected chi connectivity index (χ4v) is 3.00. The average Bonchev–Trinajstić information content (AvgIpc) is 3.46. The van der Waals surface area contributed by atoms with Crippen LogP contribution in [0.25, 0.3) is 17.3 Å². The van der Waals surface area contributed by atoms with Crippen LogP contribution in [0.15, 0.2) is 52.5 Å². The number of hydrogen-bond acceptors (Lipinski definition) is 6. The quantitative estimate of drug-likeness (QED) is 0.729. The topological polar surface area (TPSA) is 128 Å². The van der Waals surface area contributed by atoms with Gasteiger partial charge in [0.15, 0.2) is 5.69 Å². The van der Waals surface area contributed by atoms with E-state index in [1.54, 1.807) is 18.5 Å². The molecule has 0 aliphatic heterocycles. The summed E-state index contributed by atoms with van der Waals surface area (Å²) in [5.74, 6) is 0.435. The third kappa shape index (κ3) is 3.43. The van der Waals surface area contributed by atoms with Crippen LogP contribution in [0.3, 0.4) is 0 Å². The molecule has 2 atom stereocenters. The van der Waals surface area contributed by atoms with Crippen LogP contribution in [0, 0.1) is 17.2 Å². The van der Waals surface area contributed by atoms with Crippen LogP contribution >= 0.6 is 0 Å². The van der Waals surface area contributed by atoms with Crippen LogP contribution in [0.1, 0.15) is 29.2 Å². The zero-order chi connectivity index (χ0) is 18.8. The highest BCUT2D eigenvalue weighted by Crippen LogP contribution is 2.49. The van der Waals surface area contributed by atoms with Crippen molar-refractivity contribution < 1.29 is 0 Å². The number of rotatable bonds is 4. The second kappa shape index (κ2) is 6.80. The number of H-pyrrole nitrogens is 2. The van der Waals surface area contributed by atoms with Gasteiger partial charge in [0.1, 0.15) is 11.8 Å². The highest BCUT2D eigenvalue weighted by Gasteiger charge is 2.38. The van der Waals surface area contributed by atoms with E-state index < -0.39 is 11.2 Å². The van der Waals surface area contributed by atoms with E-state index in [0.717, 1.165) is 17.5 Å². The summed E-state index contributed by atoms with van der Waals surface area (Å²) in [4.78, 5) is 31.8. The zero-order valence-electron chi connectivity index (χ0n) is 14.1. The smallest absolute Gasteiger partial charge is 0.313 e. The minimum absolute atomic E-state index is 0.147. The molecule has 0 spiro atoms. The van der Waals surface area contributed by atoms with Gasteiger partial charge in [-0.1, -0.05) is 12.2 Å². The molecule has 1 aliphatic rings. The lowest BCUT2D eigenvalue weighted by Gasteiger charge is -2.04. The van der Waals surface area contributed by atoms with Gasteiger partial charge >= 0.3 is 5.69 Å². The van der Waals surface area contributed by atoms with Crippen molar-refractivity contribution in [3.63, 3.8) is 0 Å². The Hall–Kier alpha value is -3.86. The number of nitrogens with zero attached hydrogens (tertiary/aromatic N) is 4. The summed E-state index contributed by atoms with van der Waals surface area (Å²) in [6.45, 7) is 0. The van der Waals surface area contributed by atoms with Crippen molar-refractivity contribution in [2.45, 2.75) is 12.3 Å². The number of pyridine rings is 1. The predicted molar refractivity (Wildman–Crippen MR) is 97.5 cm³/mol. The molecule has 1 saturated carbocycles. The van der Waals surface area contributed by atoms with E-state index in [0.29, 0.717) is 5.69 Å². The number of hydrogen-bond donors (Lipinski definition) is 2. The normalized spacial score (nSPS) is 18.3. The first-order chi connectivity index (χ1) is 13.2. The Bertz CT molecular complexity index is 1170. The molecule has 0 unspecified atom stereocenters. The summed E-state index contributed by atoms with van der Waals surface area (Å²) in [6, 6.07) is 7.61. The molecular formula is C19H14N6O2. The fourth-order valence-electron chi connectivity index (χ4n) is 3.00.